The summed E-state index contributed by atoms with van der Waals surface area (Å²) in [7, 11) is 1.37. The number of benzene rings is 3. The number of fused-ring (bicyclic) bond motifs is 2. The van der Waals surface area contributed by atoms with Gasteiger partial charge in [0.25, 0.3) is 0 Å². The predicted octanol–water partition coefficient (Wildman–Crippen LogP) is 6.30. The van der Waals surface area contributed by atoms with Gasteiger partial charge in [-0.25, -0.2) is 4.39 Å². The highest BCUT2D eigenvalue weighted by Crippen LogP contribution is 2.44. The summed E-state index contributed by atoms with van der Waals surface area (Å²) < 4.78 is 38.0. The Morgan fingerprint density at radius 3 is 2.73 bits per heavy atom. The average Bonchev–Trinajstić information content (AvgIpc) is 3.53. The van der Waals surface area contributed by atoms with E-state index in [-0.39, 0.29) is 24.1 Å². The van der Waals surface area contributed by atoms with Crippen LogP contribution >= 0.6 is 0 Å². The van der Waals surface area contributed by atoms with Crippen molar-refractivity contribution in [1.82, 2.24) is 0 Å². The fraction of sp³-hybridized carbons (Fsp3) is 0.375. The lowest BCUT2D eigenvalue weighted by Gasteiger charge is -2.18. The molecule has 1 aliphatic carbocycles. The van der Waals surface area contributed by atoms with Crippen molar-refractivity contribution in [3.8, 4) is 29.1 Å². The van der Waals surface area contributed by atoms with E-state index in [1.165, 1.54) is 13.2 Å². The van der Waals surface area contributed by atoms with Crippen LogP contribution in [0.1, 0.15) is 72.9 Å². The van der Waals surface area contributed by atoms with Gasteiger partial charge >= 0.3 is 5.97 Å². The van der Waals surface area contributed by atoms with Gasteiger partial charge in [-0.2, -0.15) is 5.26 Å². The van der Waals surface area contributed by atoms with Gasteiger partial charge in [0.1, 0.15) is 41.0 Å². The van der Waals surface area contributed by atoms with Crippen LogP contribution in [0.25, 0.3) is 0 Å². The molecule has 2 aliphatic rings. The third kappa shape index (κ3) is 5.90. The molecular weight excluding hydrogens is 513 g/mol. The molecule has 0 radical (unpaired) electrons. The Bertz CT molecular complexity index is 1470. The monoisotopic (exact) mass is 545 g/mol. The molecule has 0 saturated heterocycles. The first-order chi connectivity index (χ1) is 19.1. The molecule has 1 N–H and O–H groups in total. The largest absolute Gasteiger partial charge is 0.492 e. The lowest BCUT2D eigenvalue weighted by molar-refractivity contribution is -0.141. The molecule has 0 bridgehead atoms. The van der Waals surface area contributed by atoms with Gasteiger partial charge in [0, 0.05) is 28.7 Å². The van der Waals surface area contributed by atoms with Gasteiger partial charge in [0.05, 0.1) is 31.3 Å². The van der Waals surface area contributed by atoms with Crippen LogP contribution in [0.2, 0.25) is 0 Å². The third-order valence-electron chi connectivity index (χ3n) is 7.43. The fourth-order valence-corrected chi connectivity index (χ4v) is 5.28. The molecule has 2 atom stereocenters. The number of nitriles is 1. The lowest BCUT2D eigenvalue weighted by atomic mass is 9.98. The number of nitrogens with zero attached hydrogens (tertiary/aromatic N) is 1. The second-order valence-corrected chi connectivity index (χ2v) is 10.9. The molecule has 208 valence electrons. The number of methoxy groups -OCH3 is 1. The minimum Gasteiger partial charge on any atom is -0.492 e. The maximum absolute atomic E-state index is 15.1. The number of ether oxygens (including phenoxy) is 4. The summed E-state index contributed by atoms with van der Waals surface area (Å²) >= 11 is 0. The van der Waals surface area contributed by atoms with Crippen LogP contribution in [0, 0.1) is 17.1 Å². The van der Waals surface area contributed by atoms with Crippen LogP contribution in [-0.4, -0.2) is 30.4 Å². The van der Waals surface area contributed by atoms with E-state index in [9.17, 15) is 15.2 Å². The molecule has 0 spiro atoms. The van der Waals surface area contributed by atoms with Crippen LogP contribution < -0.4 is 14.2 Å². The molecule has 1 aliphatic heterocycles. The minimum absolute atomic E-state index is 0.0743. The number of halogens is 1. The van der Waals surface area contributed by atoms with Crippen LogP contribution in [0.3, 0.4) is 0 Å². The van der Waals surface area contributed by atoms with Crippen molar-refractivity contribution in [2.45, 2.75) is 63.6 Å². The molecule has 40 heavy (non-hydrogen) atoms. The zero-order valence-corrected chi connectivity index (χ0v) is 22.8. The number of aliphatic hydroxyl groups is 1. The van der Waals surface area contributed by atoms with Crippen molar-refractivity contribution >= 4 is 5.97 Å². The Morgan fingerprint density at radius 2 is 1.98 bits per heavy atom. The Morgan fingerprint density at radius 1 is 1.18 bits per heavy atom. The topological polar surface area (TPSA) is 98.0 Å². The van der Waals surface area contributed by atoms with Crippen LogP contribution in [-0.2, 0) is 22.4 Å². The number of hydrogen-bond acceptors (Lipinski definition) is 7. The Labute approximate surface area is 233 Å². The number of carbonyl (C=O) groups excluding carboxylic acids is 1. The van der Waals surface area contributed by atoms with Gasteiger partial charge in [-0.05, 0) is 75.4 Å². The summed E-state index contributed by atoms with van der Waals surface area (Å²) in [5.41, 5.74) is 2.60. The van der Waals surface area contributed by atoms with Gasteiger partial charge in [0.2, 0.25) is 0 Å². The van der Waals surface area contributed by atoms with E-state index < -0.39 is 11.7 Å². The average molecular weight is 546 g/mol. The number of esters is 1. The van der Waals surface area contributed by atoms with Crippen LogP contribution in [0.15, 0.2) is 48.5 Å². The van der Waals surface area contributed by atoms with Crippen molar-refractivity contribution in [3.05, 3.63) is 82.2 Å². The first-order valence-electron chi connectivity index (χ1n) is 13.4. The van der Waals surface area contributed by atoms with Crippen LogP contribution in [0.5, 0.6) is 23.0 Å². The third-order valence-corrected chi connectivity index (χ3v) is 7.43. The zero-order chi connectivity index (χ0) is 28.4. The maximum atomic E-state index is 15.1. The SMILES string of the molecule is COC(=O)C[C@@H]1COc2cc(O[C@@H]3CCc4c(Oc5ccc(CCC(C)(C)O)cc5C#N)ccc(F)c43)ccc21. The quantitative estimate of drug-likeness (QED) is 0.315. The smallest absolute Gasteiger partial charge is 0.306 e. The van der Waals surface area contributed by atoms with E-state index >= 15 is 4.39 Å². The maximum Gasteiger partial charge on any atom is 0.306 e. The normalized spacial score (nSPS) is 17.4. The van der Waals surface area contributed by atoms with E-state index in [0.29, 0.717) is 66.4 Å². The standard InChI is InChI=1S/C32H32FNO6/c1-32(2,36)13-12-19-4-9-26(20(14-19)17-34)40-27-11-8-25(33)31-24(27)7-10-28(31)39-22-5-6-23-21(15-30(35)37-3)18-38-29(23)16-22/h4-6,8-9,11,14,16,21,28,36H,7,10,12-13,15,18H2,1-3H3/t21-,28-/m1/s1. The summed E-state index contributed by atoms with van der Waals surface area (Å²) in [6, 6.07) is 16.0. The Hall–Kier alpha value is -4.09. The molecule has 0 unspecified atom stereocenters. The van der Waals surface area contributed by atoms with Crippen molar-refractivity contribution in [2.75, 3.05) is 13.7 Å². The molecule has 8 heteroatoms. The summed E-state index contributed by atoms with van der Waals surface area (Å²) in [4.78, 5) is 11.7. The van der Waals surface area contributed by atoms with E-state index in [1.807, 2.05) is 18.2 Å². The number of hydrogen-bond donors (Lipinski definition) is 1. The van der Waals surface area contributed by atoms with Gasteiger partial charge in [-0.15, -0.1) is 0 Å². The molecule has 5 rings (SSSR count). The highest BCUT2D eigenvalue weighted by atomic mass is 19.1. The molecule has 1 heterocycles. The second-order valence-electron chi connectivity index (χ2n) is 10.9. The zero-order valence-electron chi connectivity index (χ0n) is 22.8. The first-order valence-corrected chi connectivity index (χ1v) is 13.4. The van der Waals surface area contributed by atoms with Crippen molar-refractivity contribution in [3.63, 3.8) is 0 Å². The highest BCUT2D eigenvalue weighted by molar-refractivity contribution is 5.71. The van der Waals surface area contributed by atoms with Crippen molar-refractivity contribution in [1.29, 1.82) is 5.26 Å². The van der Waals surface area contributed by atoms with Gasteiger partial charge in [-0.3, -0.25) is 4.79 Å². The number of aryl methyl sites for hydroxylation is 1. The summed E-state index contributed by atoms with van der Waals surface area (Å²) in [5, 5.41) is 19.8. The highest BCUT2D eigenvalue weighted by Gasteiger charge is 2.32. The molecule has 3 aromatic carbocycles. The molecule has 3 aromatic rings. The summed E-state index contributed by atoms with van der Waals surface area (Å²) in [6.07, 6.45) is 2.05. The summed E-state index contributed by atoms with van der Waals surface area (Å²) in [6.45, 7) is 3.90. The molecule has 0 amide bonds. The van der Waals surface area contributed by atoms with E-state index in [1.54, 1.807) is 38.1 Å². The van der Waals surface area contributed by atoms with Gasteiger partial charge < -0.3 is 24.1 Å². The van der Waals surface area contributed by atoms with Gasteiger partial charge in [0.15, 0.2) is 0 Å². The van der Waals surface area contributed by atoms with Crippen molar-refractivity contribution < 1.29 is 33.2 Å². The number of carbonyl (C=O) groups is 1. The molecule has 0 aromatic heterocycles. The van der Waals surface area contributed by atoms with E-state index in [4.69, 9.17) is 18.9 Å². The van der Waals surface area contributed by atoms with Gasteiger partial charge in [-0.1, -0.05) is 12.1 Å². The minimum atomic E-state index is -0.797. The van der Waals surface area contributed by atoms with E-state index in [0.717, 1.165) is 16.7 Å². The van der Waals surface area contributed by atoms with Crippen LogP contribution in [0.4, 0.5) is 4.39 Å². The number of rotatable bonds is 9. The second kappa shape index (κ2) is 11.2. The fourth-order valence-electron chi connectivity index (χ4n) is 5.28. The van der Waals surface area contributed by atoms with E-state index in [2.05, 4.69) is 6.07 Å². The Balaban J connectivity index is 1.33. The molecular formula is C32H32FNO6. The Kier molecular flexibility index (Phi) is 7.68. The molecule has 0 saturated carbocycles. The molecule has 7 nitrogen and oxygen atoms in total. The lowest BCUT2D eigenvalue weighted by Crippen LogP contribution is -2.19. The summed E-state index contributed by atoms with van der Waals surface area (Å²) in [5.74, 6) is 1.35. The molecule has 0 fully saturated rings. The first kappa shape index (κ1) is 27.5. The predicted molar refractivity (Wildman–Crippen MR) is 145 cm³/mol. The van der Waals surface area contributed by atoms with Crippen molar-refractivity contribution in [2.24, 2.45) is 0 Å².